The minimum Gasteiger partial charge on any atom is -0.382 e. The maximum absolute atomic E-state index is 5.58. The van der Waals surface area contributed by atoms with E-state index >= 15 is 0 Å². The lowest BCUT2D eigenvalue weighted by Crippen LogP contribution is -2.14. The van der Waals surface area contributed by atoms with E-state index in [2.05, 4.69) is 62.4 Å². The second-order valence-electron chi connectivity index (χ2n) is 7.11. The van der Waals surface area contributed by atoms with Crippen LogP contribution in [-0.4, -0.2) is 39.6 Å². The van der Waals surface area contributed by atoms with Gasteiger partial charge >= 0.3 is 0 Å². The molecular weight excluding hydrogens is 352 g/mol. The number of ether oxygens (including phenoxy) is 4. The van der Waals surface area contributed by atoms with Gasteiger partial charge in [-0.15, -0.1) is 0 Å². The fraction of sp³-hybridized carbons (Fsp3) is 0.500. The van der Waals surface area contributed by atoms with E-state index in [1.165, 1.54) is 22.3 Å². The van der Waals surface area contributed by atoms with Crippen molar-refractivity contribution in [1.29, 1.82) is 0 Å². The highest BCUT2D eigenvalue weighted by molar-refractivity contribution is 5.21. The van der Waals surface area contributed by atoms with E-state index in [0.717, 1.165) is 0 Å². The van der Waals surface area contributed by atoms with Crippen molar-refractivity contribution in [2.24, 2.45) is 0 Å². The van der Waals surface area contributed by atoms with Crippen LogP contribution < -0.4 is 0 Å². The standard InChI is InChI=1S/2C12H18O2/c1-10-4-6-12(7-5-10)9-14-8-11(2)13-3;1-10-4-6-12(7-5-10)9-14-11(2)8-13-3/h2*4-7,11H,8-9H2,1-3H3. The Hall–Kier alpha value is -1.72. The molecule has 156 valence electrons. The van der Waals surface area contributed by atoms with Gasteiger partial charge in [-0.25, -0.2) is 0 Å². The van der Waals surface area contributed by atoms with E-state index in [1.807, 2.05) is 13.8 Å². The van der Waals surface area contributed by atoms with Crippen molar-refractivity contribution >= 4 is 0 Å². The Bertz CT molecular complexity index is 622. The summed E-state index contributed by atoms with van der Waals surface area (Å²) in [6.07, 6.45) is 0.321. The molecule has 28 heavy (non-hydrogen) atoms. The molecule has 2 aromatic rings. The average molecular weight is 389 g/mol. The largest absolute Gasteiger partial charge is 0.382 e. The molecule has 0 saturated carbocycles. The molecule has 0 aliphatic carbocycles. The summed E-state index contributed by atoms with van der Waals surface area (Å²) in [4.78, 5) is 0. The van der Waals surface area contributed by atoms with E-state index in [4.69, 9.17) is 18.9 Å². The van der Waals surface area contributed by atoms with Crippen LogP contribution in [0.1, 0.15) is 36.1 Å². The number of benzene rings is 2. The second-order valence-corrected chi connectivity index (χ2v) is 7.11. The molecule has 0 spiro atoms. The zero-order chi connectivity index (χ0) is 20.8. The molecule has 0 N–H and O–H groups in total. The van der Waals surface area contributed by atoms with E-state index < -0.39 is 0 Å². The van der Waals surface area contributed by atoms with Crippen molar-refractivity contribution in [2.45, 2.75) is 53.1 Å². The van der Waals surface area contributed by atoms with Gasteiger partial charge < -0.3 is 18.9 Å². The Morgan fingerprint density at radius 2 is 1.18 bits per heavy atom. The lowest BCUT2D eigenvalue weighted by molar-refractivity contribution is -0.000127. The first-order chi connectivity index (χ1) is 13.4. The van der Waals surface area contributed by atoms with Gasteiger partial charge in [-0.3, -0.25) is 0 Å². The smallest absolute Gasteiger partial charge is 0.0784 e. The van der Waals surface area contributed by atoms with Crippen LogP contribution in [0.3, 0.4) is 0 Å². The fourth-order valence-electron chi connectivity index (χ4n) is 2.30. The highest BCUT2D eigenvalue weighted by Gasteiger charge is 2.01. The Labute approximate surface area is 170 Å². The highest BCUT2D eigenvalue weighted by atomic mass is 16.5. The summed E-state index contributed by atoms with van der Waals surface area (Å²) in [5, 5.41) is 0. The van der Waals surface area contributed by atoms with Gasteiger partial charge in [0.15, 0.2) is 0 Å². The predicted molar refractivity (Wildman–Crippen MR) is 115 cm³/mol. The lowest BCUT2D eigenvalue weighted by atomic mass is 10.2. The molecule has 0 saturated heterocycles. The van der Waals surface area contributed by atoms with Crippen LogP contribution in [0.2, 0.25) is 0 Å². The molecule has 4 nitrogen and oxygen atoms in total. The molecule has 2 rings (SSSR count). The van der Waals surface area contributed by atoms with Crippen molar-refractivity contribution in [2.75, 3.05) is 27.4 Å². The summed E-state index contributed by atoms with van der Waals surface area (Å²) in [5.74, 6) is 0. The van der Waals surface area contributed by atoms with Gasteiger partial charge in [0.1, 0.15) is 0 Å². The molecule has 0 amide bonds. The van der Waals surface area contributed by atoms with Crippen molar-refractivity contribution in [3.05, 3.63) is 70.8 Å². The first-order valence-corrected chi connectivity index (χ1v) is 9.76. The van der Waals surface area contributed by atoms with Crippen molar-refractivity contribution in [3.63, 3.8) is 0 Å². The first-order valence-electron chi connectivity index (χ1n) is 9.76. The Morgan fingerprint density at radius 1 is 0.679 bits per heavy atom. The predicted octanol–water partition coefficient (Wildman–Crippen LogP) is 5.09. The molecule has 0 heterocycles. The van der Waals surface area contributed by atoms with Gasteiger partial charge in [0.25, 0.3) is 0 Å². The van der Waals surface area contributed by atoms with Crippen molar-refractivity contribution < 1.29 is 18.9 Å². The quantitative estimate of drug-likeness (QED) is 0.568. The molecule has 0 aliphatic rings. The number of hydrogen-bond donors (Lipinski definition) is 0. The first kappa shape index (κ1) is 24.3. The molecule has 0 aliphatic heterocycles. The molecule has 4 heteroatoms. The minimum absolute atomic E-state index is 0.154. The molecule has 0 bridgehead atoms. The van der Waals surface area contributed by atoms with Gasteiger partial charge in [-0.2, -0.15) is 0 Å². The lowest BCUT2D eigenvalue weighted by Gasteiger charge is -2.11. The van der Waals surface area contributed by atoms with E-state index in [1.54, 1.807) is 14.2 Å². The van der Waals surface area contributed by atoms with Crippen LogP contribution in [-0.2, 0) is 32.2 Å². The number of aryl methyl sites for hydroxylation is 2. The maximum atomic E-state index is 5.58. The average Bonchev–Trinajstić information content (AvgIpc) is 2.69. The third-order valence-electron chi connectivity index (χ3n) is 4.20. The minimum atomic E-state index is 0.154. The van der Waals surface area contributed by atoms with Crippen LogP contribution in [0.4, 0.5) is 0 Å². The third kappa shape index (κ3) is 11.2. The van der Waals surface area contributed by atoms with Gasteiger partial charge in [0, 0.05) is 14.2 Å². The topological polar surface area (TPSA) is 36.9 Å². The van der Waals surface area contributed by atoms with Crippen LogP contribution >= 0.6 is 0 Å². The van der Waals surface area contributed by atoms with Crippen molar-refractivity contribution in [3.8, 4) is 0 Å². The number of rotatable bonds is 10. The molecule has 2 atom stereocenters. The van der Waals surface area contributed by atoms with Crippen LogP contribution in [0.15, 0.2) is 48.5 Å². The van der Waals surface area contributed by atoms with E-state index in [-0.39, 0.29) is 12.2 Å². The summed E-state index contributed by atoms with van der Waals surface area (Å²) in [5.41, 5.74) is 4.97. The molecular formula is C24H36O4. The van der Waals surface area contributed by atoms with E-state index in [0.29, 0.717) is 26.4 Å². The Balaban J connectivity index is 0.000000280. The molecule has 0 fully saturated rings. The number of methoxy groups -OCH3 is 2. The van der Waals surface area contributed by atoms with Gasteiger partial charge in [-0.05, 0) is 38.8 Å². The molecule has 2 aromatic carbocycles. The Morgan fingerprint density at radius 3 is 1.64 bits per heavy atom. The van der Waals surface area contributed by atoms with Crippen molar-refractivity contribution in [1.82, 2.24) is 0 Å². The summed E-state index contributed by atoms with van der Waals surface area (Å²) < 4.78 is 21.1. The number of hydrogen-bond acceptors (Lipinski definition) is 4. The Kier molecular flexibility index (Phi) is 12.4. The third-order valence-corrected chi connectivity index (χ3v) is 4.20. The molecule has 2 unspecified atom stereocenters. The summed E-state index contributed by atoms with van der Waals surface area (Å²) in [6.45, 7) is 10.8. The highest BCUT2D eigenvalue weighted by Crippen LogP contribution is 2.06. The van der Waals surface area contributed by atoms with Crippen LogP contribution in [0.25, 0.3) is 0 Å². The van der Waals surface area contributed by atoms with Gasteiger partial charge in [0.05, 0.1) is 38.6 Å². The zero-order valence-corrected chi connectivity index (χ0v) is 18.2. The SMILES string of the molecule is COC(C)COCc1ccc(C)cc1.COCC(C)OCc1ccc(C)cc1. The molecule has 0 radical (unpaired) electrons. The summed E-state index contributed by atoms with van der Waals surface area (Å²) >= 11 is 0. The normalized spacial score (nSPS) is 12.8. The van der Waals surface area contributed by atoms with Gasteiger partial charge in [0.2, 0.25) is 0 Å². The summed E-state index contributed by atoms with van der Waals surface area (Å²) in [6, 6.07) is 16.7. The van der Waals surface area contributed by atoms with Crippen LogP contribution in [0.5, 0.6) is 0 Å². The van der Waals surface area contributed by atoms with E-state index in [9.17, 15) is 0 Å². The maximum Gasteiger partial charge on any atom is 0.0784 e. The monoisotopic (exact) mass is 388 g/mol. The van der Waals surface area contributed by atoms with Gasteiger partial charge in [-0.1, -0.05) is 59.7 Å². The second kappa shape index (κ2) is 14.3. The fourth-order valence-corrected chi connectivity index (χ4v) is 2.30. The summed E-state index contributed by atoms with van der Waals surface area (Å²) in [7, 11) is 3.38. The molecule has 0 aromatic heterocycles. The van der Waals surface area contributed by atoms with Crippen LogP contribution in [0, 0.1) is 13.8 Å². The zero-order valence-electron chi connectivity index (χ0n) is 18.2.